The van der Waals surface area contributed by atoms with Gasteiger partial charge in [-0.1, -0.05) is 84.9 Å². The first kappa shape index (κ1) is 27.9. The van der Waals surface area contributed by atoms with Crippen LogP contribution >= 0.6 is 0 Å². The molecule has 2 heteroatoms. The second-order valence-corrected chi connectivity index (χ2v) is 9.53. The van der Waals surface area contributed by atoms with Crippen LogP contribution in [0.1, 0.15) is 143 Å². The highest BCUT2D eigenvalue weighted by Gasteiger charge is 2.26. The van der Waals surface area contributed by atoms with Gasteiger partial charge in [-0.05, 0) is 96.6 Å². The fourth-order valence-electron chi connectivity index (χ4n) is 5.40. The van der Waals surface area contributed by atoms with E-state index in [1.54, 1.807) is 6.08 Å². The summed E-state index contributed by atoms with van der Waals surface area (Å²) in [5.74, 6) is 0.652. The number of aryl methyl sites for hydroxylation is 1. The second-order valence-electron chi connectivity index (χ2n) is 9.53. The molecule has 0 spiro atoms. The fourth-order valence-corrected chi connectivity index (χ4v) is 5.40. The van der Waals surface area contributed by atoms with Crippen LogP contribution in [0.25, 0.3) is 6.08 Å². The fraction of sp³-hybridized carbons (Fsp3) is 0.531. The van der Waals surface area contributed by atoms with Gasteiger partial charge in [-0.3, -0.25) is 4.79 Å². The van der Waals surface area contributed by atoms with E-state index in [1.165, 1.54) is 11.1 Å². The Morgan fingerprint density at radius 3 is 1.65 bits per heavy atom. The number of rotatable bonds is 13. The molecule has 2 aromatic carbocycles. The van der Waals surface area contributed by atoms with E-state index >= 15 is 0 Å². The van der Waals surface area contributed by atoms with Gasteiger partial charge >= 0.3 is 0 Å². The zero-order chi connectivity index (χ0) is 25.3. The lowest BCUT2D eigenvalue weighted by Gasteiger charge is -2.23. The first-order valence-electron chi connectivity index (χ1n) is 13.6. The van der Waals surface area contributed by atoms with Crippen molar-refractivity contribution < 1.29 is 9.90 Å². The quantitative estimate of drug-likeness (QED) is 0.183. The average molecular weight is 463 g/mol. The largest absolute Gasteiger partial charge is 0.504 e. The number of aliphatic hydroxyl groups is 1. The maximum atomic E-state index is 13.9. The molecule has 2 nitrogen and oxygen atoms in total. The molecule has 0 atom stereocenters. The molecular formula is C32H46O2. The molecule has 0 fully saturated rings. The molecule has 0 aliphatic rings. The smallest absolute Gasteiger partial charge is 0.227 e. The van der Waals surface area contributed by atoms with Crippen LogP contribution in [-0.4, -0.2) is 10.9 Å². The minimum absolute atomic E-state index is 0.147. The van der Waals surface area contributed by atoms with Crippen LogP contribution in [0, 0.1) is 0 Å². The molecule has 0 aromatic heterocycles. The second kappa shape index (κ2) is 13.5. The van der Waals surface area contributed by atoms with Crippen LogP contribution in [0.15, 0.2) is 42.2 Å². The van der Waals surface area contributed by atoms with Crippen molar-refractivity contribution in [3.8, 4) is 0 Å². The first-order valence-corrected chi connectivity index (χ1v) is 13.6. The lowest BCUT2D eigenvalue weighted by Crippen LogP contribution is -2.15. The van der Waals surface area contributed by atoms with E-state index in [9.17, 15) is 9.90 Å². The number of aliphatic hydroxyl groups excluding tert-OH is 1. The van der Waals surface area contributed by atoms with E-state index < -0.39 is 0 Å². The standard InChI is InChI=1S/C32H46O2/c1-8-22-18-19-27(23(9-2)10-3)26(20-22)21-30(33)32(34)31-28(24(11-4)12-5)16-15-17-29(31)25(13-6)14-7/h15-21,23-25,33H,8-14H2,1-7H3. The van der Waals surface area contributed by atoms with Crippen molar-refractivity contribution in [1.29, 1.82) is 0 Å². The number of Topliss-reactive ketones (excluding diaryl/α,β-unsaturated/α-hetero) is 1. The lowest BCUT2D eigenvalue weighted by atomic mass is 9.80. The van der Waals surface area contributed by atoms with Crippen LogP contribution in [0.5, 0.6) is 0 Å². The summed E-state index contributed by atoms with van der Waals surface area (Å²) in [4.78, 5) is 13.9. The monoisotopic (exact) mass is 462 g/mol. The predicted molar refractivity (Wildman–Crippen MR) is 147 cm³/mol. The molecule has 0 aliphatic carbocycles. The molecule has 0 saturated carbocycles. The Morgan fingerprint density at radius 1 is 0.735 bits per heavy atom. The van der Waals surface area contributed by atoms with E-state index in [1.807, 2.05) is 0 Å². The summed E-state index contributed by atoms with van der Waals surface area (Å²) in [5, 5.41) is 11.3. The molecule has 1 N–H and O–H groups in total. The van der Waals surface area contributed by atoms with Crippen molar-refractivity contribution in [2.24, 2.45) is 0 Å². The van der Waals surface area contributed by atoms with Crippen LogP contribution in [0.4, 0.5) is 0 Å². The number of hydrogen-bond acceptors (Lipinski definition) is 2. The minimum Gasteiger partial charge on any atom is -0.504 e. The number of hydrogen-bond donors (Lipinski definition) is 1. The van der Waals surface area contributed by atoms with E-state index in [4.69, 9.17) is 0 Å². The Labute approximate surface area is 208 Å². The van der Waals surface area contributed by atoms with Gasteiger partial charge in [-0.25, -0.2) is 0 Å². The summed E-state index contributed by atoms with van der Waals surface area (Å²) >= 11 is 0. The minimum atomic E-state index is -0.234. The first-order chi connectivity index (χ1) is 16.4. The van der Waals surface area contributed by atoms with Gasteiger partial charge in [-0.2, -0.15) is 0 Å². The van der Waals surface area contributed by atoms with E-state index in [0.29, 0.717) is 17.8 Å². The van der Waals surface area contributed by atoms with Crippen LogP contribution in [0.2, 0.25) is 0 Å². The molecule has 2 aromatic rings. The summed E-state index contributed by atoms with van der Waals surface area (Å²) in [5.41, 5.74) is 6.31. The van der Waals surface area contributed by atoms with Crippen LogP contribution < -0.4 is 0 Å². The highest BCUT2D eigenvalue weighted by molar-refractivity contribution is 6.11. The van der Waals surface area contributed by atoms with Crippen molar-refractivity contribution in [3.05, 3.63) is 75.5 Å². The molecule has 34 heavy (non-hydrogen) atoms. The maximum Gasteiger partial charge on any atom is 0.227 e. The number of carbonyl (C=O) groups excluding carboxylic acids is 1. The Morgan fingerprint density at radius 2 is 1.21 bits per heavy atom. The maximum absolute atomic E-state index is 13.9. The van der Waals surface area contributed by atoms with Gasteiger partial charge in [0.2, 0.25) is 5.78 Å². The Hall–Kier alpha value is -2.35. The summed E-state index contributed by atoms with van der Waals surface area (Å²) in [6.45, 7) is 15.3. The summed E-state index contributed by atoms with van der Waals surface area (Å²) in [7, 11) is 0. The highest BCUT2D eigenvalue weighted by atomic mass is 16.3. The highest BCUT2D eigenvalue weighted by Crippen LogP contribution is 2.36. The van der Waals surface area contributed by atoms with Gasteiger partial charge in [0, 0.05) is 5.56 Å². The number of benzene rings is 2. The summed E-state index contributed by atoms with van der Waals surface area (Å²) in [6, 6.07) is 12.8. The molecule has 0 aliphatic heterocycles. The molecule has 0 heterocycles. The predicted octanol–water partition coefficient (Wildman–Crippen LogP) is 9.74. The molecule has 2 rings (SSSR count). The molecule has 186 valence electrons. The Bertz CT molecular complexity index is 927. The molecule has 0 amide bonds. The molecule has 0 unspecified atom stereocenters. The summed E-state index contributed by atoms with van der Waals surface area (Å²) in [6.07, 6.45) is 8.64. The van der Waals surface area contributed by atoms with Crippen molar-refractivity contribution in [2.75, 3.05) is 0 Å². The molecule has 0 bridgehead atoms. The SMILES string of the molecule is CCc1ccc(C(CC)CC)c(C=C(O)C(=O)c2c(C(CC)CC)cccc2C(CC)CC)c1. The third-order valence-electron chi connectivity index (χ3n) is 7.72. The topological polar surface area (TPSA) is 37.3 Å². The molecule has 0 radical (unpaired) electrons. The average Bonchev–Trinajstić information content (AvgIpc) is 2.86. The number of carbonyl (C=O) groups is 1. The number of ketones is 1. The van der Waals surface area contributed by atoms with Crippen LogP contribution in [-0.2, 0) is 6.42 Å². The third-order valence-corrected chi connectivity index (χ3v) is 7.72. The van der Waals surface area contributed by atoms with Crippen molar-refractivity contribution in [2.45, 2.75) is 111 Å². The van der Waals surface area contributed by atoms with Gasteiger partial charge < -0.3 is 5.11 Å². The molecular weight excluding hydrogens is 416 g/mol. The third kappa shape index (κ3) is 6.20. The van der Waals surface area contributed by atoms with Crippen molar-refractivity contribution >= 4 is 11.9 Å². The van der Waals surface area contributed by atoms with Gasteiger partial charge in [-0.15, -0.1) is 0 Å². The zero-order valence-electron chi connectivity index (χ0n) is 22.6. The van der Waals surface area contributed by atoms with E-state index in [2.05, 4.69) is 84.9 Å². The van der Waals surface area contributed by atoms with Crippen molar-refractivity contribution in [3.63, 3.8) is 0 Å². The Kier molecular flexibility index (Phi) is 11.1. The molecule has 0 saturated heterocycles. The van der Waals surface area contributed by atoms with E-state index in [-0.39, 0.29) is 11.5 Å². The lowest BCUT2D eigenvalue weighted by molar-refractivity contribution is 0.0977. The van der Waals surface area contributed by atoms with Gasteiger partial charge in [0.1, 0.15) is 0 Å². The van der Waals surface area contributed by atoms with Crippen molar-refractivity contribution in [1.82, 2.24) is 0 Å². The zero-order valence-corrected chi connectivity index (χ0v) is 22.6. The van der Waals surface area contributed by atoms with Gasteiger partial charge in [0.25, 0.3) is 0 Å². The summed E-state index contributed by atoms with van der Waals surface area (Å²) < 4.78 is 0. The normalized spacial score (nSPS) is 12.2. The van der Waals surface area contributed by atoms with Crippen LogP contribution in [0.3, 0.4) is 0 Å². The number of allylic oxidation sites excluding steroid dienone is 1. The van der Waals surface area contributed by atoms with Gasteiger partial charge in [0.05, 0.1) is 0 Å². The van der Waals surface area contributed by atoms with E-state index in [0.717, 1.165) is 67.2 Å². The Balaban J connectivity index is 2.70. The van der Waals surface area contributed by atoms with Gasteiger partial charge in [0.15, 0.2) is 5.76 Å².